The number of benzene rings is 1. The molecule has 0 amide bonds. The summed E-state index contributed by atoms with van der Waals surface area (Å²) < 4.78 is 0. The first-order chi connectivity index (χ1) is 8.99. The lowest BCUT2D eigenvalue weighted by atomic mass is 10.1. The number of nitrogens with zero attached hydrogens (tertiary/aromatic N) is 1. The van der Waals surface area contributed by atoms with E-state index in [1.165, 1.54) is 24.3 Å². The molecule has 2 rings (SSSR count). The highest BCUT2D eigenvalue weighted by Crippen LogP contribution is 2.28. The van der Waals surface area contributed by atoms with Crippen molar-refractivity contribution in [1.29, 1.82) is 0 Å². The first kappa shape index (κ1) is 12.6. The minimum atomic E-state index is -0.546. The molecule has 0 heterocycles. The van der Waals surface area contributed by atoms with Gasteiger partial charge in [-0.15, -0.1) is 0 Å². The molecule has 19 heavy (non-hydrogen) atoms. The molecule has 0 atom stereocenters. The average molecular weight is 257 g/mol. The lowest BCUT2D eigenvalue weighted by Crippen LogP contribution is -2.01. The van der Waals surface area contributed by atoms with Gasteiger partial charge in [0.2, 0.25) is 5.43 Å². The van der Waals surface area contributed by atoms with Crippen molar-refractivity contribution >= 4 is 17.1 Å². The van der Waals surface area contributed by atoms with Gasteiger partial charge in [0.25, 0.3) is 5.69 Å². The molecule has 4 N–H and O–H groups in total. The van der Waals surface area contributed by atoms with E-state index in [0.29, 0.717) is 11.1 Å². The molecular formula is C13H11N3O3. The second kappa shape index (κ2) is 4.77. The molecule has 0 unspecified atom stereocenters. The van der Waals surface area contributed by atoms with E-state index in [2.05, 4.69) is 0 Å². The van der Waals surface area contributed by atoms with Gasteiger partial charge in [-0.1, -0.05) is 18.2 Å². The number of hydrogen-bond donors (Lipinski definition) is 2. The van der Waals surface area contributed by atoms with Crippen LogP contribution in [0.3, 0.4) is 0 Å². The summed E-state index contributed by atoms with van der Waals surface area (Å²) in [4.78, 5) is 21.7. The van der Waals surface area contributed by atoms with Crippen LogP contribution in [-0.4, -0.2) is 4.92 Å². The molecule has 0 aliphatic rings. The van der Waals surface area contributed by atoms with Gasteiger partial charge in [0.05, 0.1) is 10.6 Å². The predicted molar refractivity (Wildman–Crippen MR) is 73.6 cm³/mol. The molecule has 0 spiro atoms. The minimum Gasteiger partial charge on any atom is -0.396 e. The molecule has 96 valence electrons. The second-order valence-corrected chi connectivity index (χ2v) is 3.97. The highest BCUT2D eigenvalue weighted by Gasteiger charge is 2.12. The van der Waals surface area contributed by atoms with Crippen LogP contribution in [0.1, 0.15) is 0 Å². The van der Waals surface area contributed by atoms with Gasteiger partial charge < -0.3 is 11.5 Å². The van der Waals surface area contributed by atoms with Gasteiger partial charge in [0.1, 0.15) is 5.69 Å². The molecule has 0 aliphatic carbocycles. The van der Waals surface area contributed by atoms with Gasteiger partial charge in [0, 0.05) is 6.07 Å². The van der Waals surface area contributed by atoms with Crippen LogP contribution in [0.2, 0.25) is 0 Å². The van der Waals surface area contributed by atoms with Crippen molar-refractivity contribution in [1.82, 2.24) is 0 Å². The summed E-state index contributed by atoms with van der Waals surface area (Å²) in [6.07, 6.45) is 0. The quantitative estimate of drug-likeness (QED) is 0.483. The molecule has 6 heteroatoms. The second-order valence-electron chi connectivity index (χ2n) is 3.97. The van der Waals surface area contributed by atoms with Crippen molar-refractivity contribution in [2.75, 3.05) is 11.5 Å². The van der Waals surface area contributed by atoms with Crippen LogP contribution in [0.15, 0.2) is 47.3 Å². The Morgan fingerprint density at radius 2 is 1.47 bits per heavy atom. The van der Waals surface area contributed by atoms with E-state index in [-0.39, 0.29) is 22.5 Å². The minimum absolute atomic E-state index is 0.0954. The number of nitro groups is 1. The van der Waals surface area contributed by atoms with Crippen LogP contribution >= 0.6 is 0 Å². The summed E-state index contributed by atoms with van der Waals surface area (Å²) in [5.41, 5.74) is 12.0. The largest absolute Gasteiger partial charge is 0.396 e. The van der Waals surface area contributed by atoms with Crippen molar-refractivity contribution in [3.05, 3.63) is 62.8 Å². The van der Waals surface area contributed by atoms with Gasteiger partial charge in [-0.05, 0) is 29.3 Å². The first-order valence-electron chi connectivity index (χ1n) is 5.43. The van der Waals surface area contributed by atoms with E-state index >= 15 is 0 Å². The molecule has 0 fully saturated rings. The zero-order valence-corrected chi connectivity index (χ0v) is 9.87. The Morgan fingerprint density at radius 1 is 0.895 bits per heavy atom. The molecule has 0 aromatic heterocycles. The van der Waals surface area contributed by atoms with Crippen molar-refractivity contribution in [2.45, 2.75) is 0 Å². The predicted octanol–water partition coefficient (Wildman–Crippen LogP) is 1.79. The number of nitrogens with two attached hydrogens (primary N) is 2. The fraction of sp³-hybridized carbons (Fsp3) is 0. The Labute approximate surface area is 108 Å². The van der Waals surface area contributed by atoms with E-state index < -0.39 is 4.92 Å². The van der Waals surface area contributed by atoms with Crippen LogP contribution in [-0.2, 0) is 0 Å². The molecule has 0 saturated heterocycles. The molecular weight excluding hydrogens is 246 g/mol. The third-order valence-corrected chi connectivity index (χ3v) is 2.70. The van der Waals surface area contributed by atoms with Gasteiger partial charge >= 0.3 is 0 Å². The van der Waals surface area contributed by atoms with Crippen LogP contribution in [0, 0.1) is 10.1 Å². The van der Waals surface area contributed by atoms with Crippen LogP contribution < -0.4 is 16.9 Å². The van der Waals surface area contributed by atoms with E-state index in [1.54, 1.807) is 18.2 Å². The van der Waals surface area contributed by atoms with Crippen molar-refractivity contribution in [3.63, 3.8) is 0 Å². The maximum atomic E-state index is 11.4. The number of anilines is 2. The third kappa shape index (κ3) is 2.52. The Kier molecular flexibility index (Phi) is 3.15. The SMILES string of the molecule is Nc1ccc(-c2ccc(N)c(=O)cc2)cc1[N+](=O)[O-]. The number of nitro benzene ring substituents is 1. The maximum absolute atomic E-state index is 11.4. The smallest absolute Gasteiger partial charge is 0.292 e. The van der Waals surface area contributed by atoms with Crippen LogP contribution in [0.25, 0.3) is 11.1 Å². The van der Waals surface area contributed by atoms with Crippen molar-refractivity contribution < 1.29 is 4.92 Å². The topological polar surface area (TPSA) is 112 Å². The molecule has 6 nitrogen and oxygen atoms in total. The monoisotopic (exact) mass is 257 g/mol. The van der Waals surface area contributed by atoms with E-state index in [9.17, 15) is 14.9 Å². The Bertz CT molecular complexity index is 714. The number of nitrogen functional groups attached to an aromatic ring is 2. The molecule has 2 aromatic carbocycles. The third-order valence-electron chi connectivity index (χ3n) is 2.70. The molecule has 2 aromatic rings. The molecule has 0 radical (unpaired) electrons. The van der Waals surface area contributed by atoms with Gasteiger partial charge in [-0.2, -0.15) is 0 Å². The average Bonchev–Trinajstić information content (AvgIpc) is 2.53. The molecule has 0 bridgehead atoms. The maximum Gasteiger partial charge on any atom is 0.292 e. The van der Waals surface area contributed by atoms with Crippen molar-refractivity contribution in [3.8, 4) is 11.1 Å². The van der Waals surface area contributed by atoms with Crippen molar-refractivity contribution in [2.24, 2.45) is 0 Å². The summed E-state index contributed by atoms with van der Waals surface area (Å²) in [6, 6.07) is 10.5. The Hall–Kier alpha value is -2.89. The van der Waals surface area contributed by atoms with Gasteiger partial charge in [-0.25, -0.2) is 0 Å². The fourth-order valence-electron chi connectivity index (χ4n) is 1.65. The summed E-state index contributed by atoms with van der Waals surface area (Å²) in [7, 11) is 0. The number of hydrogen-bond acceptors (Lipinski definition) is 5. The van der Waals surface area contributed by atoms with Gasteiger partial charge in [0.15, 0.2) is 0 Å². The standard InChI is InChI=1S/C13H11N3O3/c14-10-4-2-9(7-12(10)16(18)19)8-1-5-11(15)13(17)6-3-8/h1-7H,14H2,(H2,15,17). The molecule has 0 aliphatic heterocycles. The van der Waals surface area contributed by atoms with E-state index in [4.69, 9.17) is 11.5 Å². The Morgan fingerprint density at radius 3 is 2.16 bits per heavy atom. The zero-order chi connectivity index (χ0) is 14.0. The lowest BCUT2D eigenvalue weighted by Gasteiger charge is -2.01. The van der Waals surface area contributed by atoms with E-state index in [1.807, 2.05) is 0 Å². The lowest BCUT2D eigenvalue weighted by molar-refractivity contribution is -0.383. The van der Waals surface area contributed by atoms with Crippen LogP contribution in [0.5, 0.6) is 0 Å². The highest BCUT2D eigenvalue weighted by atomic mass is 16.6. The Balaban J connectivity index is 2.60. The first-order valence-corrected chi connectivity index (χ1v) is 5.43. The zero-order valence-electron chi connectivity index (χ0n) is 9.87. The fourth-order valence-corrected chi connectivity index (χ4v) is 1.65. The number of rotatable bonds is 2. The van der Waals surface area contributed by atoms with Crippen LogP contribution in [0.4, 0.5) is 17.1 Å². The summed E-state index contributed by atoms with van der Waals surface area (Å²) in [5.74, 6) is 0. The van der Waals surface area contributed by atoms with E-state index in [0.717, 1.165) is 0 Å². The normalized spacial score (nSPS) is 10.1. The van der Waals surface area contributed by atoms with Gasteiger partial charge in [-0.3, -0.25) is 14.9 Å². The molecule has 0 saturated carbocycles. The highest BCUT2D eigenvalue weighted by molar-refractivity contribution is 5.72. The summed E-state index contributed by atoms with van der Waals surface area (Å²) >= 11 is 0. The summed E-state index contributed by atoms with van der Waals surface area (Å²) in [6.45, 7) is 0. The summed E-state index contributed by atoms with van der Waals surface area (Å²) in [5, 5.41) is 10.8.